The van der Waals surface area contributed by atoms with Crippen LogP contribution in [0.5, 0.6) is 0 Å². The van der Waals surface area contributed by atoms with Gasteiger partial charge in [0.25, 0.3) is 0 Å². The van der Waals surface area contributed by atoms with Crippen LogP contribution in [0.1, 0.15) is 59.8 Å². The van der Waals surface area contributed by atoms with Crippen LogP contribution in [-0.4, -0.2) is 67.6 Å². The zero-order chi connectivity index (χ0) is 18.4. The van der Waals surface area contributed by atoms with E-state index < -0.39 is 0 Å². The summed E-state index contributed by atoms with van der Waals surface area (Å²) < 4.78 is 6.54. The third-order valence-corrected chi connectivity index (χ3v) is 6.47. The van der Waals surface area contributed by atoms with E-state index in [0.717, 1.165) is 51.5 Å². The lowest BCUT2D eigenvalue weighted by atomic mass is 9.75. The highest BCUT2D eigenvalue weighted by molar-refractivity contribution is 5.79. The Morgan fingerprint density at radius 3 is 2.52 bits per heavy atom. The second kappa shape index (κ2) is 10.0. The number of ether oxygens (including phenoxy) is 1. The van der Waals surface area contributed by atoms with Crippen LogP contribution in [0.4, 0.5) is 0 Å². The van der Waals surface area contributed by atoms with Gasteiger partial charge < -0.3 is 14.5 Å². The van der Waals surface area contributed by atoms with Crippen LogP contribution < -0.4 is 0 Å². The highest BCUT2D eigenvalue weighted by Crippen LogP contribution is 2.35. The monoisotopic (exact) mass is 352 g/mol. The Labute approximate surface area is 155 Å². The summed E-state index contributed by atoms with van der Waals surface area (Å²) in [6.07, 6.45) is 5.73. The number of nitrogens with zero attached hydrogens (tertiary/aromatic N) is 2. The largest absolute Gasteiger partial charge is 0.376 e. The van der Waals surface area contributed by atoms with Gasteiger partial charge in [0.1, 0.15) is 5.78 Å². The molecule has 0 aromatic carbocycles. The molecule has 2 aliphatic rings. The molecule has 4 heteroatoms. The first kappa shape index (κ1) is 20.9. The molecule has 0 aromatic rings. The molecule has 4 nitrogen and oxygen atoms in total. The molecular weight excluding hydrogens is 312 g/mol. The first-order chi connectivity index (χ1) is 11.9. The number of hydrogen-bond acceptors (Lipinski definition) is 4. The van der Waals surface area contributed by atoms with Gasteiger partial charge in [-0.05, 0) is 44.2 Å². The van der Waals surface area contributed by atoms with Crippen LogP contribution >= 0.6 is 0 Å². The number of likely N-dealkylation sites (tertiary alicyclic amines) is 1. The van der Waals surface area contributed by atoms with Gasteiger partial charge in [-0.2, -0.15) is 0 Å². The Bertz CT molecular complexity index is 403. The molecule has 146 valence electrons. The van der Waals surface area contributed by atoms with E-state index in [1.165, 1.54) is 19.3 Å². The summed E-state index contributed by atoms with van der Waals surface area (Å²) in [4.78, 5) is 16.3. The van der Waals surface area contributed by atoms with Gasteiger partial charge in [-0.25, -0.2) is 0 Å². The van der Waals surface area contributed by atoms with Crippen molar-refractivity contribution in [3.8, 4) is 0 Å². The topological polar surface area (TPSA) is 32.8 Å². The fraction of sp³-hybridized carbons (Fsp3) is 0.952. The van der Waals surface area contributed by atoms with E-state index in [-0.39, 0.29) is 0 Å². The van der Waals surface area contributed by atoms with Crippen molar-refractivity contribution in [1.29, 1.82) is 0 Å². The van der Waals surface area contributed by atoms with E-state index in [4.69, 9.17) is 4.74 Å². The Hall–Kier alpha value is -0.450. The number of ketones is 1. The van der Waals surface area contributed by atoms with Gasteiger partial charge in [0, 0.05) is 38.5 Å². The molecule has 0 N–H and O–H groups in total. The molecule has 1 saturated carbocycles. The number of likely N-dealkylation sites (N-methyl/N-ethyl adjacent to an activating group) is 1. The second-order valence-corrected chi connectivity index (χ2v) is 8.76. The van der Waals surface area contributed by atoms with Crippen molar-refractivity contribution in [2.75, 3.05) is 39.8 Å². The summed E-state index contributed by atoms with van der Waals surface area (Å²) in [6, 6.07) is 0.420. The fourth-order valence-electron chi connectivity index (χ4n) is 4.40. The van der Waals surface area contributed by atoms with E-state index in [1.54, 1.807) is 0 Å². The lowest BCUT2D eigenvalue weighted by Crippen LogP contribution is -2.48. The molecule has 0 spiro atoms. The van der Waals surface area contributed by atoms with Crippen molar-refractivity contribution in [3.05, 3.63) is 0 Å². The normalized spacial score (nSPS) is 30.2. The third-order valence-electron chi connectivity index (χ3n) is 6.47. The molecule has 1 aliphatic carbocycles. The van der Waals surface area contributed by atoms with E-state index in [2.05, 4.69) is 44.5 Å². The van der Waals surface area contributed by atoms with Gasteiger partial charge in [0.05, 0.1) is 12.7 Å². The molecular formula is C21H40N2O2. The Balaban J connectivity index is 1.90. The zero-order valence-corrected chi connectivity index (χ0v) is 17.2. The molecule has 2 fully saturated rings. The highest BCUT2D eigenvalue weighted by Gasteiger charge is 2.32. The zero-order valence-electron chi connectivity index (χ0n) is 17.2. The quantitative estimate of drug-likeness (QED) is 0.670. The van der Waals surface area contributed by atoms with Gasteiger partial charge >= 0.3 is 0 Å². The molecule has 1 aliphatic heterocycles. The van der Waals surface area contributed by atoms with Gasteiger partial charge in [-0.15, -0.1) is 0 Å². The van der Waals surface area contributed by atoms with Crippen molar-refractivity contribution in [1.82, 2.24) is 9.80 Å². The number of hydrogen-bond donors (Lipinski definition) is 0. The molecule has 2 rings (SSSR count). The molecule has 1 heterocycles. The van der Waals surface area contributed by atoms with Crippen molar-refractivity contribution in [3.63, 3.8) is 0 Å². The fourth-order valence-corrected chi connectivity index (χ4v) is 4.40. The van der Waals surface area contributed by atoms with Crippen LogP contribution in [0.25, 0.3) is 0 Å². The van der Waals surface area contributed by atoms with E-state index in [1.807, 2.05) is 0 Å². The lowest BCUT2D eigenvalue weighted by Gasteiger charge is -2.39. The number of piperidine rings is 1. The van der Waals surface area contributed by atoms with E-state index in [9.17, 15) is 4.79 Å². The van der Waals surface area contributed by atoms with Gasteiger partial charge in [-0.1, -0.05) is 34.1 Å². The minimum Gasteiger partial charge on any atom is -0.376 e. The van der Waals surface area contributed by atoms with Crippen LogP contribution in [0.3, 0.4) is 0 Å². The number of carbonyl (C=O) groups is 1. The minimum atomic E-state index is 0.416. The van der Waals surface area contributed by atoms with Gasteiger partial charge in [-0.3, -0.25) is 4.79 Å². The smallest absolute Gasteiger partial charge is 0.135 e. The highest BCUT2D eigenvalue weighted by atomic mass is 16.5. The summed E-state index contributed by atoms with van der Waals surface area (Å²) in [5.74, 6) is 2.61. The molecule has 4 unspecified atom stereocenters. The molecule has 25 heavy (non-hydrogen) atoms. The minimum absolute atomic E-state index is 0.416. The maximum absolute atomic E-state index is 11.5. The predicted octanol–water partition coefficient (Wildman–Crippen LogP) is 3.45. The molecule has 0 aromatic heterocycles. The summed E-state index contributed by atoms with van der Waals surface area (Å²) in [5, 5.41) is 0. The number of rotatable bonds is 8. The van der Waals surface area contributed by atoms with Crippen LogP contribution in [-0.2, 0) is 9.53 Å². The van der Waals surface area contributed by atoms with E-state index in [0.29, 0.717) is 29.8 Å². The SMILES string of the molecule is CCN(C)C(COC1CC(C)CCC1C(C)C)CN1CCC(=O)CC1. The van der Waals surface area contributed by atoms with Crippen LogP contribution in [0, 0.1) is 17.8 Å². The summed E-state index contributed by atoms with van der Waals surface area (Å²) >= 11 is 0. The van der Waals surface area contributed by atoms with Crippen LogP contribution in [0.2, 0.25) is 0 Å². The van der Waals surface area contributed by atoms with Gasteiger partial charge in [0.15, 0.2) is 0 Å². The summed E-state index contributed by atoms with van der Waals surface area (Å²) in [7, 11) is 2.20. The van der Waals surface area contributed by atoms with Crippen LogP contribution in [0.15, 0.2) is 0 Å². The Morgan fingerprint density at radius 1 is 1.24 bits per heavy atom. The number of carbonyl (C=O) groups excluding carboxylic acids is 1. The molecule has 4 atom stereocenters. The van der Waals surface area contributed by atoms with Crippen molar-refractivity contribution in [2.24, 2.45) is 17.8 Å². The van der Waals surface area contributed by atoms with Crippen molar-refractivity contribution in [2.45, 2.75) is 71.9 Å². The van der Waals surface area contributed by atoms with E-state index >= 15 is 0 Å². The molecule has 0 amide bonds. The number of Topliss-reactive ketones (excluding diaryl/α,β-unsaturated/α-hetero) is 1. The maximum Gasteiger partial charge on any atom is 0.135 e. The summed E-state index contributed by atoms with van der Waals surface area (Å²) in [6.45, 7) is 14.0. The summed E-state index contributed by atoms with van der Waals surface area (Å²) in [5.41, 5.74) is 0. The first-order valence-electron chi connectivity index (χ1n) is 10.5. The molecule has 1 saturated heterocycles. The van der Waals surface area contributed by atoms with Crippen molar-refractivity contribution >= 4 is 5.78 Å². The Kier molecular flexibility index (Phi) is 8.37. The van der Waals surface area contributed by atoms with Gasteiger partial charge in [0.2, 0.25) is 0 Å². The maximum atomic E-state index is 11.5. The first-order valence-corrected chi connectivity index (χ1v) is 10.5. The lowest BCUT2D eigenvalue weighted by molar-refractivity contribution is -0.121. The predicted molar refractivity (Wildman–Crippen MR) is 104 cm³/mol. The average molecular weight is 353 g/mol. The second-order valence-electron chi connectivity index (χ2n) is 8.76. The molecule has 0 bridgehead atoms. The molecule has 0 radical (unpaired) electrons. The standard InChI is InChI=1S/C21H40N2O2/c1-6-22(5)18(14-23-11-9-19(24)10-12-23)15-25-21-13-17(4)7-8-20(21)16(2)3/h16-18,20-21H,6-15H2,1-5H3. The Morgan fingerprint density at radius 2 is 1.92 bits per heavy atom. The third kappa shape index (κ3) is 6.33. The van der Waals surface area contributed by atoms with Crippen molar-refractivity contribution < 1.29 is 9.53 Å². The average Bonchev–Trinajstić information content (AvgIpc) is 2.59.